The maximum Gasteiger partial charge on any atom is 0.323 e. The molecule has 4 N–H and O–H groups in total. The predicted octanol–water partition coefficient (Wildman–Crippen LogP) is 0.214. The number of rotatable bonds is 19. The van der Waals surface area contributed by atoms with Crippen molar-refractivity contribution in [1.82, 2.24) is 26.2 Å². The predicted molar refractivity (Wildman–Crippen MR) is 161 cm³/mol. The first-order chi connectivity index (χ1) is 20.4. The van der Waals surface area contributed by atoms with Gasteiger partial charge in [-0.3, -0.25) is 19.2 Å². The second-order valence-corrected chi connectivity index (χ2v) is 12.6. The summed E-state index contributed by atoms with van der Waals surface area (Å²) >= 11 is 0. The normalized spacial score (nSPS) is 21.2. The Labute approximate surface area is 256 Å². The average Bonchev–Trinajstić information content (AvgIpc) is 3.63. The third-order valence-corrected chi connectivity index (χ3v) is 7.23. The third kappa shape index (κ3) is 13.5. The van der Waals surface area contributed by atoms with Crippen molar-refractivity contribution in [1.29, 1.82) is 0 Å². The van der Waals surface area contributed by atoms with Crippen molar-refractivity contribution in [2.75, 3.05) is 72.4 Å². The number of ether oxygens (including phenoxy) is 4. The molecule has 0 aliphatic carbocycles. The number of carbonyl (C=O) groups excluding carboxylic acids is 4. The standard InChI is InChI=1S/C30H55N5O8/c1-7-31-11-12-40-13-14-41-15-16-42-20-25(36)34-26(30(4,5)6)28(38)35-19-22(43-29(39)23-9-8-10-32-23)17-24(35)27(37)33-18-21(2)3/h21-24,26,31-32H,7-20H2,1-6H3,(H,33,37)(H,34,36). The molecule has 3 amide bonds. The van der Waals surface area contributed by atoms with Crippen molar-refractivity contribution in [2.45, 2.75) is 85.0 Å². The molecule has 13 nitrogen and oxygen atoms in total. The van der Waals surface area contributed by atoms with E-state index in [0.29, 0.717) is 39.4 Å². The first kappa shape index (κ1) is 36.9. The molecule has 2 rings (SSSR count). The Kier molecular flexibility index (Phi) is 16.4. The smallest absolute Gasteiger partial charge is 0.323 e. The van der Waals surface area contributed by atoms with E-state index in [1.165, 1.54) is 4.90 Å². The molecule has 2 fully saturated rings. The quantitative estimate of drug-likeness (QED) is 0.117. The molecule has 2 heterocycles. The zero-order valence-electron chi connectivity index (χ0n) is 27.0. The van der Waals surface area contributed by atoms with Gasteiger partial charge in [0.15, 0.2) is 0 Å². The van der Waals surface area contributed by atoms with E-state index in [1.54, 1.807) is 0 Å². The summed E-state index contributed by atoms with van der Waals surface area (Å²) in [5.41, 5.74) is -0.663. The molecule has 4 unspecified atom stereocenters. The summed E-state index contributed by atoms with van der Waals surface area (Å²) in [6.45, 7) is 16.3. The van der Waals surface area contributed by atoms with Crippen LogP contribution in [0.25, 0.3) is 0 Å². The van der Waals surface area contributed by atoms with Gasteiger partial charge in [-0.25, -0.2) is 0 Å². The number of esters is 1. The van der Waals surface area contributed by atoms with E-state index in [1.807, 2.05) is 41.5 Å². The number of nitrogens with one attached hydrogen (secondary N) is 4. The molecule has 0 saturated carbocycles. The van der Waals surface area contributed by atoms with Gasteiger partial charge in [0, 0.05) is 19.5 Å². The number of likely N-dealkylation sites (tertiary alicyclic amines) is 1. The summed E-state index contributed by atoms with van der Waals surface area (Å²) in [6.07, 6.45) is 1.17. The highest BCUT2D eigenvalue weighted by Crippen LogP contribution is 2.28. The van der Waals surface area contributed by atoms with Crippen LogP contribution in [0.2, 0.25) is 0 Å². The summed E-state index contributed by atoms with van der Waals surface area (Å²) in [5, 5.41) is 12.0. The van der Waals surface area contributed by atoms with Crippen LogP contribution >= 0.6 is 0 Å². The Balaban J connectivity index is 1.92. The molecule has 2 saturated heterocycles. The van der Waals surface area contributed by atoms with Crippen LogP contribution in [0.3, 0.4) is 0 Å². The summed E-state index contributed by atoms with van der Waals surface area (Å²) in [6, 6.07) is -2.11. The molecule has 4 atom stereocenters. The SMILES string of the molecule is CCNCCOCCOCCOCC(=O)NC(C(=O)N1CC(OC(=O)C2CCCN2)CC1C(=O)NCC(C)C)C(C)(C)C. The summed E-state index contributed by atoms with van der Waals surface area (Å²) < 4.78 is 22.1. The fourth-order valence-corrected chi connectivity index (χ4v) is 4.87. The van der Waals surface area contributed by atoms with Crippen LogP contribution in [-0.2, 0) is 38.1 Å². The molecule has 0 aromatic carbocycles. The van der Waals surface area contributed by atoms with E-state index in [2.05, 4.69) is 21.3 Å². The van der Waals surface area contributed by atoms with Gasteiger partial charge in [-0.15, -0.1) is 0 Å². The Morgan fingerprint density at radius 1 is 1.00 bits per heavy atom. The number of hydrogen-bond acceptors (Lipinski definition) is 10. The Hall–Kier alpha value is -2.32. The monoisotopic (exact) mass is 613 g/mol. The van der Waals surface area contributed by atoms with Crippen molar-refractivity contribution in [3.8, 4) is 0 Å². The lowest BCUT2D eigenvalue weighted by atomic mass is 9.85. The Morgan fingerprint density at radius 3 is 2.28 bits per heavy atom. The van der Waals surface area contributed by atoms with Crippen molar-refractivity contribution >= 4 is 23.7 Å². The van der Waals surface area contributed by atoms with Gasteiger partial charge >= 0.3 is 5.97 Å². The highest BCUT2D eigenvalue weighted by molar-refractivity contribution is 5.93. The molecular weight excluding hydrogens is 558 g/mol. The second-order valence-electron chi connectivity index (χ2n) is 12.6. The maximum absolute atomic E-state index is 13.9. The average molecular weight is 614 g/mol. The topological polar surface area (TPSA) is 157 Å². The summed E-state index contributed by atoms with van der Waals surface area (Å²) in [5.74, 6) is -1.29. The van der Waals surface area contributed by atoms with E-state index in [-0.39, 0.29) is 50.0 Å². The molecule has 13 heteroatoms. The molecule has 2 aliphatic rings. The van der Waals surface area contributed by atoms with Gasteiger partial charge in [0.25, 0.3) is 0 Å². The molecular formula is C30H55N5O8. The lowest BCUT2D eigenvalue weighted by molar-refractivity contribution is -0.151. The van der Waals surface area contributed by atoms with Crippen molar-refractivity contribution in [3.05, 3.63) is 0 Å². The van der Waals surface area contributed by atoms with E-state index in [0.717, 1.165) is 26.1 Å². The van der Waals surface area contributed by atoms with Crippen LogP contribution in [0.4, 0.5) is 0 Å². The molecule has 2 aliphatic heterocycles. The number of hydrogen-bond donors (Lipinski definition) is 4. The fraction of sp³-hybridized carbons (Fsp3) is 0.867. The van der Waals surface area contributed by atoms with Crippen LogP contribution in [0.5, 0.6) is 0 Å². The molecule has 0 radical (unpaired) electrons. The van der Waals surface area contributed by atoms with Crippen LogP contribution in [0.1, 0.15) is 60.8 Å². The number of amides is 3. The van der Waals surface area contributed by atoms with Crippen LogP contribution in [0.15, 0.2) is 0 Å². The minimum Gasteiger partial charge on any atom is -0.459 e. The van der Waals surface area contributed by atoms with Gasteiger partial charge in [0.1, 0.15) is 30.8 Å². The molecule has 248 valence electrons. The zero-order chi connectivity index (χ0) is 31.8. The minimum absolute atomic E-state index is 0.0756. The summed E-state index contributed by atoms with van der Waals surface area (Å²) in [7, 11) is 0. The second kappa shape index (κ2) is 19.1. The Bertz CT molecular complexity index is 875. The van der Waals surface area contributed by atoms with E-state index in [9.17, 15) is 19.2 Å². The minimum atomic E-state index is -0.925. The zero-order valence-corrected chi connectivity index (χ0v) is 27.0. The van der Waals surface area contributed by atoms with E-state index < -0.39 is 35.4 Å². The van der Waals surface area contributed by atoms with Crippen molar-refractivity contribution in [3.63, 3.8) is 0 Å². The van der Waals surface area contributed by atoms with Gasteiger partial charge in [-0.05, 0) is 37.3 Å². The largest absolute Gasteiger partial charge is 0.459 e. The first-order valence-electron chi connectivity index (χ1n) is 15.7. The van der Waals surface area contributed by atoms with E-state index >= 15 is 0 Å². The third-order valence-electron chi connectivity index (χ3n) is 7.23. The summed E-state index contributed by atoms with van der Waals surface area (Å²) in [4.78, 5) is 54.0. The maximum atomic E-state index is 13.9. The lowest BCUT2D eigenvalue weighted by Crippen LogP contribution is -2.58. The highest BCUT2D eigenvalue weighted by atomic mass is 16.6. The molecule has 0 spiro atoms. The van der Waals surface area contributed by atoms with Gasteiger partial charge < -0.3 is 45.1 Å². The van der Waals surface area contributed by atoms with Crippen molar-refractivity contribution < 1.29 is 38.1 Å². The number of likely N-dealkylation sites (N-methyl/N-ethyl adjacent to an activating group) is 1. The van der Waals surface area contributed by atoms with Crippen LogP contribution < -0.4 is 21.3 Å². The molecule has 0 aromatic rings. The van der Waals surface area contributed by atoms with Gasteiger partial charge in [-0.1, -0.05) is 41.5 Å². The highest BCUT2D eigenvalue weighted by Gasteiger charge is 2.46. The molecule has 0 bridgehead atoms. The van der Waals surface area contributed by atoms with Gasteiger partial charge in [0.05, 0.1) is 39.6 Å². The number of nitrogens with zero attached hydrogens (tertiary/aromatic N) is 1. The van der Waals surface area contributed by atoms with Crippen LogP contribution in [-0.4, -0.2) is 125 Å². The first-order valence-corrected chi connectivity index (χ1v) is 15.7. The fourth-order valence-electron chi connectivity index (χ4n) is 4.87. The van der Waals surface area contributed by atoms with Crippen LogP contribution in [0, 0.1) is 11.3 Å². The van der Waals surface area contributed by atoms with Gasteiger partial charge in [0.2, 0.25) is 17.7 Å². The van der Waals surface area contributed by atoms with E-state index in [4.69, 9.17) is 18.9 Å². The lowest BCUT2D eigenvalue weighted by Gasteiger charge is -2.35. The van der Waals surface area contributed by atoms with Crippen molar-refractivity contribution in [2.24, 2.45) is 11.3 Å². The Morgan fingerprint density at radius 2 is 1.67 bits per heavy atom. The molecule has 43 heavy (non-hydrogen) atoms. The number of carbonyl (C=O) groups is 4. The van der Waals surface area contributed by atoms with Gasteiger partial charge in [-0.2, -0.15) is 0 Å². The molecule has 0 aromatic heterocycles.